The minimum Gasteiger partial charge on any atom is -0.495 e. The van der Waals surface area contributed by atoms with E-state index in [1.165, 1.54) is 38.3 Å². The third-order valence-corrected chi connectivity index (χ3v) is 3.43. The molecule has 0 fully saturated rings. The zero-order chi connectivity index (χ0) is 17.0. The van der Waals surface area contributed by atoms with Gasteiger partial charge in [-0.15, -0.1) is 0 Å². The molecule has 120 valence electrons. The maximum atomic E-state index is 13.8. The maximum absolute atomic E-state index is 13.8. The molecule has 0 heterocycles. The summed E-state index contributed by atoms with van der Waals surface area (Å²) in [6.45, 7) is 1.37. The number of hydrogen-bond acceptors (Lipinski definition) is 3. The molecule has 2 amide bonds. The highest BCUT2D eigenvalue weighted by Crippen LogP contribution is 2.29. The van der Waals surface area contributed by atoms with Gasteiger partial charge in [0.1, 0.15) is 11.6 Å². The maximum Gasteiger partial charge on any atom is 0.258 e. The molecule has 0 aromatic heterocycles. The van der Waals surface area contributed by atoms with Crippen LogP contribution < -0.4 is 15.4 Å². The van der Waals surface area contributed by atoms with Crippen molar-refractivity contribution in [1.82, 2.24) is 0 Å². The predicted octanol–water partition coefficient (Wildman–Crippen LogP) is 3.81. The molecule has 0 bridgehead atoms. The lowest BCUT2D eigenvalue weighted by molar-refractivity contribution is -0.114. The molecule has 2 rings (SSSR count). The fourth-order valence-electron chi connectivity index (χ4n) is 1.95. The molecule has 23 heavy (non-hydrogen) atoms. The normalized spacial score (nSPS) is 10.1. The largest absolute Gasteiger partial charge is 0.495 e. The summed E-state index contributed by atoms with van der Waals surface area (Å²) in [5.41, 5.74) is 0.706. The standard InChI is InChI=1S/C16H14BrFN2O3/c1-9(21)19-11-4-6-15(23-2)14(8-11)20-16(22)12-7-10(17)3-5-13(12)18/h3-8H,1-2H3,(H,19,21)(H,20,22). The SMILES string of the molecule is COc1ccc(NC(C)=O)cc1NC(=O)c1cc(Br)ccc1F. The number of amides is 2. The number of carbonyl (C=O) groups is 2. The third-order valence-electron chi connectivity index (χ3n) is 2.94. The first kappa shape index (κ1) is 17.0. The molecule has 0 saturated heterocycles. The van der Waals surface area contributed by atoms with Crippen molar-refractivity contribution in [3.63, 3.8) is 0 Å². The van der Waals surface area contributed by atoms with Crippen molar-refractivity contribution in [2.75, 3.05) is 17.7 Å². The topological polar surface area (TPSA) is 67.4 Å². The van der Waals surface area contributed by atoms with Crippen LogP contribution >= 0.6 is 15.9 Å². The number of benzene rings is 2. The number of rotatable bonds is 4. The summed E-state index contributed by atoms with van der Waals surface area (Å²) in [6, 6.07) is 8.85. The Balaban J connectivity index is 2.32. The predicted molar refractivity (Wildman–Crippen MR) is 89.4 cm³/mol. The first-order chi connectivity index (χ1) is 10.9. The fourth-order valence-corrected chi connectivity index (χ4v) is 2.31. The Morgan fingerprint density at radius 3 is 2.52 bits per heavy atom. The molecule has 0 unspecified atom stereocenters. The van der Waals surface area contributed by atoms with Crippen molar-refractivity contribution >= 4 is 39.1 Å². The van der Waals surface area contributed by atoms with Crippen molar-refractivity contribution in [1.29, 1.82) is 0 Å². The van der Waals surface area contributed by atoms with Gasteiger partial charge in [-0.1, -0.05) is 15.9 Å². The van der Waals surface area contributed by atoms with Crippen molar-refractivity contribution in [2.45, 2.75) is 6.92 Å². The van der Waals surface area contributed by atoms with Gasteiger partial charge in [0.25, 0.3) is 5.91 Å². The Morgan fingerprint density at radius 1 is 1.13 bits per heavy atom. The van der Waals surface area contributed by atoms with Crippen LogP contribution in [0.3, 0.4) is 0 Å². The first-order valence-electron chi connectivity index (χ1n) is 6.62. The summed E-state index contributed by atoms with van der Waals surface area (Å²) in [6.07, 6.45) is 0. The summed E-state index contributed by atoms with van der Waals surface area (Å²) >= 11 is 3.20. The molecule has 2 aromatic rings. The first-order valence-corrected chi connectivity index (χ1v) is 7.42. The zero-order valence-corrected chi connectivity index (χ0v) is 14.0. The van der Waals surface area contributed by atoms with E-state index in [4.69, 9.17) is 4.74 Å². The van der Waals surface area contributed by atoms with Crippen LogP contribution in [0.15, 0.2) is 40.9 Å². The van der Waals surface area contributed by atoms with Crippen LogP contribution in [0.5, 0.6) is 5.75 Å². The molecule has 0 radical (unpaired) electrons. The van der Waals surface area contributed by atoms with Gasteiger partial charge in [0.2, 0.25) is 5.91 Å². The molecular formula is C16H14BrFN2O3. The van der Waals surface area contributed by atoms with E-state index >= 15 is 0 Å². The van der Waals surface area contributed by atoms with E-state index in [1.54, 1.807) is 12.1 Å². The van der Waals surface area contributed by atoms with Crippen LogP contribution in [0, 0.1) is 5.82 Å². The molecular weight excluding hydrogens is 367 g/mol. The number of carbonyl (C=O) groups excluding carboxylic acids is 2. The highest BCUT2D eigenvalue weighted by molar-refractivity contribution is 9.10. The van der Waals surface area contributed by atoms with E-state index < -0.39 is 11.7 Å². The number of halogens is 2. The van der Waals surface area contributed by atoms with Gasteiger partial charge in [0.15, 0.2) is 0 Å². The van der Waals surface area contributed by atoms with Crippen LogP contribution in [-0.4, -0.2) is 18.9 Å². The van der Waals surface area contributed by atoms with Crippen LogP contribution in [-0.2, 0) is 4.79 Å². The quantitative estimate of drug-likeness (QED) is 0.847. The van der Waals surface area contributed by atoms with E-state index in [0.29, 0.717) is 21.6 Å². The zero-order valence-electron chi connectivity index (χ0n) is 12.4. The Labute approximate surface area is 141 Å². The summed E-state index contributed by atoms with van der Waals surface area (Å²) in [4.78, 5) is 23.4. The second kappa shape index (κ2) is 7.23. The average Bonchev–Trinajstić information content (AvgIpc) is 2.49. The lowest BCUT2D eigenvalue weighted by atomic mass is 10.2. The van der Waals surface area contributed by atoms with E-state index in [0.717, 1.165) is 0 Å². The lowest BCUT2D eigenvalue weighted by Crippen LogP contribution is -2.15. The minimum atomic E-state index is -0.636. The summed E-state index contributed by atoms with van der Waals surface area (Å²) in [5, 5.41) is 5.19. The lowest BCUT2D eigenvalue weighted by Gasteiger charge is -2.13. The molecule has 7 heteroatoms. The monoisotopic (exact) mass is 380 g/mol. The molecule has 2 aromatic carbocycles. The Hall–Kier alpha value is -2.41. The molecule has 0 saturated carbocycles. The van der Waals surface area contributed by atoms with Crippen molar-refractivity contribution in [3.8, 4) is 5.75 Å². The van der Waals surface area contributed by atoms with Crippen LogP contribution in [0.1, 0.15) is 17.3 Å². The summed E-state index contributed by atoms with van der Waals surface area (Å²) < 4.78 is 19.5. The average molecular weight is 381 g/mol. The van der Waals surface area contributed by atoms with Gasteiger partial charge in [-0.25, -0.2) is 4.39 Å². The van der Waals surface area contributed by atoms with Crippen LogP contribution in [0.25, 0.3) is 0 Å². The van der Waals surface area contributed by atoms with Gasteiger partial charge in [0, 0.05) is 17.1 Å². The van der Waals surface area contributed by atoms with Gasteiger partial charge >= 0.3 is 0 Å². The second-order valence-electron chi connectivity index (χ2n) is 4.67. The highest BCUT2D eigenvalue weighted by atomic mass is 79.9. The van der Waals surface area contributed by atoms with E-state index in [-0.39, 0.29) is 11.5 Å². The molecule has 2 N–H and O–H groups in total. The molecule has 0 aliphatic rings. The fraction of sp³-hybridized carbons (Fsp3) is 0.125. The number of ether oxygens (including phenoxy) is 1. The van der Waals surface area contributed by atoms with Crippen molar-refractivity contribution in [2.24, 2.45) is 0 Å². The van der Waals surface area contributed by atoms with Gasteiger partial charge in [-0.3, -0.25) is 9.59 Å². The van der Waals surface area contributed by atoms with E-state index in [1.807, 2.05) is 0 Å². The van der Waals surface area contributed by atoms with Crippen LogP contribution in [0.4, 0.5) is 15.8 Å². The van der Waals surface area contributed by atoms with Crippen molar-refractivity contribution < 1.29 is 18.7 Å². The number of hydrogen-bond donors (Lipinski definition) is 2. The Bertz CT molecular complexity index is 765. The van der Waals surface area contributed by atoms with Gasteiger partial charge < -0.3 is 15.4 Å². The van der Waals surface area contributed by atoms with Gasteiger partial charge in [-0.05, 0) is 36.4 Å². The Morgan fingerprint density at radius 2 is 1.87 bits per heavy atom. The molecule has 5 nitrogen and oxygen atoms in total. The number of nitrogens with one attached hydrogen (secondary N) is 2. The summed E-state index contributed by atoms with van der Waals surface area (Å²) in [5.74, 6) is -1.11. The number of anilines is 2. The van der Waals surface area contributed by atoms with E-state index in [9.17, 15) is 14.0 Å². The van der Waals surface area contributed by atoms with Crippen LogP contribution in [0.2, 0.25) is 0 Å². The number of methoxy groups -OCH3 is 1. The Kier molecular flexibility index (Phi) is 5.33. The van der Waals surface area contributed by atoms with Gasteiger partial charge in [-0.2, -0.15) is 0 Å². The van der Waals surface area contributed by atoms with Gasteiger partial charge in [0.05, 0.1) is 18.4 Å². The third kappa shape index (κ3) is 4.29. The van der Waals surface area contributed by atoms with E-state index in [2.05, 4.69) is 26.6 Å². The molecule has 0 spiro atoms. The second-order valence-corrected chi connectivity index (χ2v) is 5.59. The molecule has 0 atom stereocenters. The minimum absolute atomic E-state index is 0.105. The molecule has 0 aliphatic heterocycles. The summed E-state index contributed by atoms with van der Waals surface area (Å²) in [7, 11) is 1.45. The molecule has 0 aliphatic carbocycles. The smallest absolute Gasteiger partial charge is 0.258 e. The van der Waals surface area contributed by atoms with Crippen molar-refractivity contribution in [3.05, 3.63) is 52.3 Å². The highest BCUT2D eigenvalue weighted by Gasteiger charge is 2.15.